The second-order valence-corrected chi connectivity index (χ2v) is 15.0. The van der Waals surface area contributed by atoms with E-state index in [2.05, 4.69) is 20.4 Å². The van der Waals surface area contributed by atoms with Crippen molar-refractivity contribution < 1.29 is 44.7 Å². The highest BCUT2D eigenvalue weighted by molar-refractivity contribution is 5.94. The van der Waals surface area contributed by atoms with Crippen LogP contribution in [0.3, 0.4) is 0 Å². The van der Waals surface area contributed by atoms with Crippen molar-refractivity contribution >= 4 is 11.8 Å². The number of aryl methyl sites for hydroxylation is 2. The predicted molar refractivity (Wildman–Crippen MR) is 189 cm³/mol. The van der Waals surface area contributed by atoms with Gasteiger partial charge in [0.25, 0.3) is 11.8 Å². The summed E-state index contributed by atoms with van der Waals surface area (Å²) in [4.78, 5) is 29.0. The van der Waals surface area contributed by atoms with Crippen LogP contribution in [0.2, 0.25) is 0 Å². The van der Waals surface area contributed by atoms with Gasteiger partial charge in [-0.2, -0.15) is 36.5 Å². The molecule has 2 amide bonds. The number of alkyl halides is 6. The molecule has 4 heterocycles. The molecule has 0 unspecified atom stereocenters. The van der Waals surface area contributed by atoms with Gasteiger partial charge in [-0.25, -0.2) is 8.78 Å². The Bertz CT molecular complexity index is 1910. The van der Waals surface area contributed by atoms with Crippen molar-refractivity contribution in [1.29, 1.82) is 0 Å². The normalized spacial score (nSPS) is 18.2. The zero-order valence-electron chi connectivity index (χ0n) is 30.6. The minimum absolute atomic E-state index is 0.192. The Morgan fingerprint density at radius 3 is 1.29 bits per heavy atom. The maximum atomic E-state index is 14.2. The number of nitrogens with zero attached hydrogens (tertiary/aromatic N) is 4. The van der Waals surface area contributed by atoms with Crippen molar-refractivity contribution in [2.75, 3.05) is 26.2 Å². The fraction of sp³-hybridized carbons (Fsp3) is 0.500. The minimum Gasteiger partial charge on any atom is -0.337 e. The molecule has 2 N–H and O–H groups in total. The first kappa shape index (κ1) is 39.5. The number of carbonyl (C=O) groups is 2. The number of nitrogens with one attached hydrogen (secondary N) is 2. The molecule has 4 aromatic rings. The molecule has 2 aliphatic heterocycles. The molecule has 2 saturated heterocycles. The third kappa shape index (κ3) is 8.06. The molecular formula is C40H42F8N6O2. The van der Waals surface area contributed by atoms with Crippen molar-refractivity contribution in [3.05, 3.63) is 104 Å². The average Bonchev–Trinajstić information content (AvgIpc) is 3.82. The summed E-state index contributed by atoms with van der Waals surface area (Å²) in [6.07, 6.45) is -0.467. The van der Waals surface area contributed by atoms with Gasteiger partial charge >= 0.3 is 12.4 Å². The molecule has 300 valence electrons. The van der Waals surface area contributed by atoms with E-state index in [-0.39, 0.29) is 49.1 Å². The van der Waals surface area contributed by atoms with Gasteiger partial charge in [0.2, 0.25) is 0 Å². The van der Waals surface area contributed by atoms with E-state index in [1.807, 2.05) is 0 Å². The van der Waals surface area contributed by atoms with Gasteiger partial charge in [0.15, 0.2) is 11.4 Å². The van der Waals surface area contributed by atoms with Crippen LogP contribution in [0.15, 0.2) is 36.4 Å². The van der Waals surface area contributed by atoms with E-state index < -0.39 is 46.9 Å². The van der Waals surface area contributed by atoms with Crippen molar-refractivity contribution in [3.8, 4) is 0 Å². The first-order valence-electron chi connectivity index (χ1n) is 19.1. The molecule has 8 rings (SSSR count). The number of halogens is 8. The van der Waals surface area contributed by atoms with Crippen LogP contribution in [-0.4, -0.2) is 68.2 Å². The third-order valence-corrected chi connectivity index (χ3v) is 11.6. The number of piperidine rings is 2. The number of hydrogen-bond donors (Lipinski definition) is 2. The topological polar surface area (TPSA) is 98.0 Å². The van der Waals surface area contributed by atoms with E-state index in [9.17, 15) is 44.7 Å². The van der Waals surface area contributed by atoms with E-state index in [4.69, 9.17) is 0 Å². The summed E-state index contributed by atoms with van der Waals surface area (Å²) in [5.74, 6) is -3.17. The highest BCUT2D eigenvalue weighted by Gasteiger charge is 2.40. The molecule has 4 aliphatic rings. The number of benzene rings is 2. The van der Waals surface area contributed by atoms with Gasteiger partial charge in [-0.1, -0.05) is 12.1 Å². The van der Waals surface area contributed by atoms with Crippen LogP contribution >= 0.6 is 0 Å². The van der Waals surface area contributed by atoms with Crippen LogP contribution in [0.4, 0.5) is 35.1 Å². The van der Waals surface area contributed by atoms with E-state index >= 15 is 0 Å². The van der Waals surface area contributed by atoms with Gasteiger partial charge in [-0.05, 0) is 113 Å². The lowest BCUT2D eigenvalue weighted by atomic mass is 9.85. The van der Waals surface area contributed by atoms with Crippen LogP contribution in [-0.2, 0) is 38.0 Å². The molecule has 0 atom stereocenters. The van der Waals surface area contributed by atoms with Crippen LogP contribution < -0.4 is 0 Å². The first-order chi connectivity index (χ1) is 26.7. The maximum absolute atomic E-state index is 14.2. The van der Waals surface area contributed by atoms with Crippen molar-refractivity contribution in [2.45, 2.75) is 101 Å². The largest absolute Gasteiger partial charge is 0.416 e. The van der Waals surface area contributed by atoms with Crippen molar-refractivity contribution in [1.82, 2.24) is 30.2 Å². The summed E-state index contributed by atoms with van der Waals surface area (Å²) < 4.78 is 108. The molecular weight excluding hydrogens is 748 g/mol. The summed E-state index contributed by atoms with van der Waals surface area (Å²) in [5.41, 5.74) is 2.40. The number of fused-ring (bicyclic) bond motifs is 2. The highest BCUT2D eigenvalue weighted by atomic mass is 19.4. The number of amides is 2. The van der Waals surface area contributed by atoms with Gasteiger partial charge in [0, 0.05) is 59.8 Å². The second-order valence-electron chi connectivity index (χ2n) is 15.0. The van der Waals surface area contributed by atoms with E-state index in [1.165, 1.54) is 0 Å². The lowest BCUT2D eigenvalue weighted by Crippen LogP contribution is -2.39. The first-order valence-corrected chi connectivity index (χ1v) is 19.1. The summed E-state index contributed by atoms with van der Waals surface area (Å²) >= 11 is 0. The summed E-state index contributed by atoms with van der Waals surface area (Å²) in [7, 11) is 0. The Hall–Kier alpha value is -4.76. The van der Waals surface area contributed by atoms with Gasteiger partial charge in [0.05, 0.1) is 11.1 Å². The van der Waals surface area contributed by atoms with Crippen LogP contribution in [0.5, 0.6) is 0 Å². The number of carbonyl (C=O) groups excluding carboxylic acids is 2. The molecule has 16 heteroatoms. The van der Waals surface area contributed by atoms with E-state index in [1.54, 1.807) is 9.80 Å². The average molecular weight is 791 g/mol. The lowest BCUT2D eigenvalue weighted by molar-refractivity contribution is -0.139. The van der Waals surface area contributed by atoms with Crippen molar-refractivity contribution in [3.63, 3.8) is 0 Å². The Labute approximate surface area is 318 Å². The third-order valence-electron chi connectivity index (χ3n) is 11.6. The fourth-order valence-electron chi connectivity index (χ4n) is 8.76. The maximum Gasteiger partial charge on any atom is 0.416 e. The number of aromatic nitrogens is 4. The monoisotopic (exact) mass is 790 g/mol. The number of aromatic amines is 2. The second kappa shape index (κ2) is 16.0. The van der Waals surface area contributed by atoms with Crippen LogP contribution in [0.25, 0.3) is 0 Å². The zero-order valence-corrected chi connectivity index (χ0v) is 30.6. The standard InChI is InChI=1S/2C20H21F4N3O/c2*21-15-6-3-5-14(20(22,23)24)17(15)12-8-10-27(11-9-12)19(28)18-13-4-1-2-7-16(13)25-26-18/h2*3,5-6,12H,1-2,4,7-11H2,(H,25,26). The Morgan fingerprint density at radius 2 is 0.929 bits per heavy atom. The predicted octanol–water partition coefficient (Wildman–Crippen LogP) is 8.93. The number of hydrogen-bond acceptors (Lipinski definition) is 4. The summed E-state index contributed by atoms with van der Waals surface area (Å²) in [5, 5.41) is 14.3. The summed E-state index contributed by atoms with van der Waals surface area (Å²) in [6.45, 7) is 1.15. The van der Waals surface area contributed by atoms with Gasteiger partial charge < -0.3 is 9.80 Å². The molecule has 2 fully saturated rings. The molecule has 2 aromatic heterocycles. The lowest BCUT2D eigenvalue weighted by Gasteiger charge is -2.33. The Morgan fingerprint density at radius 1 is 0.571 bits per heavy atom. The molecule has 8 nitrogen and oxygen atoms in total. The van der Waals surface area contributed by atoms with E-state index in [0.717, 1.165) is 110 Å². The Kier molecular flexibility index (Phi) is 11.3. The molecule has 2 aromatic carbocycles. The quantitative estimate of drug-likeness (QED) is 0.202. The van der Waals surface area contributed by atoms with Gasteiger partial charge in [-0.15, -0.1) is 0 Å². The van der Waals surface area contributed by atoms with E-state index in [0.29, 0.717) is 37.1 Å². The highest BCUT2D eigenvalue weighted by Crippen LogP contribution is 2.42. The van der Waals surface area contributed by atoms with Crippen molar-refractivity contribution in [2.24, 2.45) is 0 Å². The minimum atomic E-state index is -4.60. The molecule has 0 bridgehead atoms. The number of H-pyrrole nitrogens is 2. The number of rotatable bonds is 4. The van der Waals surface area contributed by atoms with Crippen LogP contribution in [0, 0.1) is 11.6 Å². The van der Waals surface area contributed by atoms with Crippen LogP contribution in [0.1, 0.15) is 129 Å². The zero-order chi connectivity index (χ0) is 39.8. The Balaban J connectivity index is 0.000000172. The molecule has 0 spiro atoms. The number of likely N-dealkylation sites (tertiary alicyclic amines) is 2. The molecule has 0 radical (unpaired) electrons. The smallest absolute Gasteiger partial charge is 0.337 e. The molecule has 2 aliphatic carbocycles. The SMILES string of the molecule is O=C(c1n[nH]c2c1CCCC2)N1CCC(c2c(F)cccc2C(F)(F)F)CC1.O=C(c1n[nH]c2c1CCCC2)N1CCC(c2c(F)cccc2C(F)(F)F)CC1. The van der Waals surface area contributed by atoms with Gasteiger partial charge in [-0.3, -0.25) is 19.8 Å². The van der Waals surface area contributed by atoms with Gasteiger partial charge in [0.1, 0.15) is 11.6 Å². The fourth-order valence-corrected chi connectivity index (χ4v) is 8.76. The molecule has 0 saturated carbocycles. The molecule has 56 heavy (non-hydrogen) atoms. The summed E-state index contributed by atoms with van der Waals surface area (Å²) in [6, 6.07) is 6.15.